The fraction of sp³-hybridized carbons (Fsp3) is 0.360. The Balaban J connectivity index is 1.24. The summed E-state index contributed by atoms with van der Waals surface area (Å²) < 4.78 is 46.4. The van der Waals surface area contributed by atoms with Gasteiger partial charge >= 0.3 is 12.2 Å². The molecule has 1 aliphatic heterocycles. The number of carbonyl (C=O) groups is 1. The lowest BCUT2D eigenvalue weighted by Crippen LogP contribution is -2.34. The quantitative estimate of drug-likeness (QED) is 0.214. The number of hydrogen-bond acceptors (Lipinski definition) is 8. The van der Waals surface area contributed by atoms with E-state index >= 15 is 0 Å². The number of hydrogen-bond donors (Lipinski definition) is 2. The van der Waals surface area contributed by atoms with E-state index < -0.39 is 17.8 Å². The number of thiazole rings is 1. The molecule has 1 aromatic carbocycles. The van der Waals surface area contributed by atoms with Crippen LogP contribution in [-0.4, -0.2) is 47.3 Å². The molecular formula is C25H24BrF3N6O2S2. The summed E-state index contributed by atoms with van der Waals surface area (Å²) in [5, 5.41) is 5.39. The molecule has 0 atom stereocenters. The van der Waals surface area contributed by atoms with Crippen molar-refractivity contribution < 1.29 is 22.7 Å². The summed E-state index contributed by atoms with van der Waals surface area (Å²) in [6, 6.07) is 5.80. The molecule has 39 heavy (non-hydrogen) atoms. The second-order valence-electron chi connectivity index (χ2n) is 9.00. The number of carbonyl (C=O) groups excluding carboxylic acids is 1. The van der Waals surface area contributed by atoms with Crippen LogP contribution >= 0.6 is 38.6 Å². The Labute approximate surface area is 238 Å². The smallest absolute Gasteiger partial charge is 0.381 e. The highest BCUT2D eigenvalue weighted by atomic mass is 79.9. The Morgan fingerprint density at radius 2 is 1.95 bits per heavy atom. The predicted octanol–water partition coefficient (Wildman–Crippen LogP) is 7.05. The topological polar surface area (TPSA) is 92.3 Å². The van der Waals surface area contributed by atoms with Gasteiger partial charge in [-0.05, 0) is 59.0 Å². The Hall–Kier alpha value is -2.81. The van der Waals surface area contributed by atoms with Crippen LogP contribution in [0, 0.1) is 5.92 Å². The van der Waals surface area contributed by atoms with Crippen molar-refractivity contribution in [2.75, 3.05) is 41.8 Å². The van der Waals surface area contributed by atoms with E-state index in [4.69, 9.17) is 4.74 Å². The van der Waals surface area contributed by atoms with Crippen LogP contribution in [-0.2, 0) is 17.3 Å². The summed E-state index contributed by atoms with van der Waals surface area (Å²) in [4.78, 5) is 28.9. The molecule has 5 rings (SSSR count). The average molecular weight is 642 g/mol. The maximum Gasteiger partial charge on any atom is 0.416 e. The fourth-order valence-electron chi connectivity index (χ4n) is 4.32. The second-order valence-corrected chi connectivity index (χ2v) is 12.5. The van der Waals surface area contributed by atoms with Crippen molar-refractivity contribution in [2.45, 2.75) is 25.4 Å². The first-order chi connectivity index (χ1) is 18.7. The molecule has 0 bridgehead atoms. The summed E-state index contributed by atoms with van der Waals surface area (Å²) >= 11 is 6.48. The molecule has 206 valence electrons. The molecule has 0 saturated carbocycles. The Kier molecular flexibility index (Phi) is 8.64. The van der Waals surface area contributed by atoms with Gasteiger partial charge in [0.15, 0.2) is 5.13 Å². The first-order valence-electron chi connectivity index (χ1n) is 12.2. The molecule has 14 heteroatoms. The fourth-order valence-corrected chi connectivity index (χ4v) is 6.67. The first kappa shape index (κ1) is 27.7. The van der Waals surface area contributed by atoms with Crippen molar-refractivity contribution in [3.63, 3.8) is 0 Å². The lowest BCUT2D eigenvalue weighted by molar-refractivity contribution is -0.137. The van der Waals surface area contributed by atoms with Gasteiger partial charge in [-0.2, -0.15) is 13.2 Å². The number of anilines is 3. The maximum absolute atomic E-state index is 12.9. The highest BCUT2D eigenvalue weighted by Crippen LogP contribution is 2.35. The highest BCUT2D eigenvalue weighted by molar-refractivity contribution is 9.11. The highest BCUT2D eigenvalue weighted by Gasteiger charge is 2.30. The third-order valence-electron chi connectivity index (χ3n) is 6.23. The zero-order valence-electron chi connectivity index (χ0n) is 20.5. The molecule has 1 fully saturated rings. The summed E-state index contributed by atoms with van der Waals surface area (Å²) in [7, 11) is 0. The van der Waals surface area contributed by atoms with Gasteiger partial charge in [-0.15, -0.1) is 22.7 Å². The molecule has 4 heterocycles. The average Bonchev–Trinajstić information content (AvgIpc) is 3.51. The Bertz CT molecular complexity index is 1440. The first-order valence-corrected chi connectivity index (χ1v) is 14.6. The van der Waals surface area contributed by atoms with Crippen molar-refractivity contribution in [2.24, 2.45) is 5.92 Å². The van der Waals surface area contributed by atoms with E-state index in [2.05, 4.69) is 46.4 Å². The monoisotopic (exact) mass is 640 g/mol. The van der Waals surface area contributed by atoms with E-state index in [1.165, 1.54) is 23.5 Å². The molecule has 0 unspecified atom stereocenters. The minimum absolute atomic E-state index is 0.0410. The van der Waals surface area contributed by atoms with Crippen molar-refractivity contribution >= 4 is 71.5 Å². The zero-order chi connectivity index (χ0) is 27.4. The van der Waals surface area contributed by atoms with Gasteiger partial charge in [0.1, 0.15) is 12.1 Å². The van der Waals surface area contributed by atoms with Gasteiger partial charge in [0.2, 0.25) is 0 Å². The molecule has 8 nitrogen and oxygen atoms in total. The van der Waals surface area contributed by atoms with E-state index in [0.717, 1.165) is 69.4 Å². The molecule has 0 aliphatic carbocycles. The molecule has 2 N–H and O–H groups in total. The van der Waals surface area contributed by atoms with Crippen molar-refractivity contribution in [1.29, 1.82) is 0 Å². The van der Waals surface area contributed by atoms with Gasteiger partial charge < -0.3 is 15.0 Å². The van der Waals surface area contributed by atoms with Crippen LogP contribution in [0.5, 0.6) is 0 Å². The summed E-state index contributed by atoms with van der Waals surface area (Å²) in [5.41, 5.74) is 0.0992. The number of nitrogens with zero attached hydrogens (tertiary/aromatic N) is 4. The van der Waals surface area contributed by atoms with E-state index in [0.29, 0.717) is 24.0 Å². The van der Waals surface area contributed by atoms with Crippen molar-refractivity contribution in [1.82, 2.24) is 15.0 Å². The largest absolute Gasteiger partial charge is 0.416 e. The number of nitrogens with one attached hydrogen (secondary N) is 2. The van der Waals surface area contributed by atoms with Crippen LogP contribution in [0.25, 0.3) is 10.2 Å². The van der Waals surface area contributed by atoms with Crippen LogP contribution < -0.4 is 15.5 Å². The van der Waals surface area contributed by atoms with Crippen LogP contribution in [0.3, 0.4) is 0 Å². The number of alkyl halides is 3. The number of ether oxygens (including phenoxy) is 1. The zero-order valence-corrected chi connectivity index (χ0v) is 23.7. The van der Waals surface area contributed by atoms with Gasteiger partial charge in [-0.3, -0.25) is 5.32 Å². The van der Waals surface area contributed by atoms with E-state index in [1.54, 1.807) is 23.9 Å². The number of amides is 2. The van der Waals surface area contributed by atoms with E-state index in [1.807, 2.05) is 6.07 Å². The normalized spacial score (nSPS) is 14.5. The SMILES string of the molecule is O=C(Nc1cccc(C(F)(F)F)c1)Nc1ncc(CCN(CC2CCOCC2)c2ncnc3cc(Br)sc23)s1. The number of thiophene rings is 1. The number of benzene rings is 1. The standard InChI is InChI=1S/C25H24BrF3N6O2S2/c26-20-11-19-21(39-20)22(32-14-31-19)35(13-15-5-8-37-9-6-15)7-4-18-12-30-24(38-18)34-23(36)33-17-3-1-2-16(10-17)25(27,28)29/h1-3,10-12,14-15H,4-9,13H2,(H2,30,33,34,36). The number of fused-ring (bicyclic) bond motifs is 1. The third-order valence-corrected chi connectivity index (χ3v) is 8.83. The second kappa shape index (κ2) is 12.1. The molecule has 1 saturated heterocycles. The predicted molar refractivity (Wildman–Crippen MR) is 151 cm³/mol. The molecule has 4 aromatic rings. The Morgan fingerprint density at radius 3 is 2.74 bits per heavy atom. The minimum Gasteiger partial charge on any atom is -0.381 e. The van der Waals surface area contributed by atoms with Crippen LogP contribution in [0.1, 0.15) is 23.3 Å². The maximum atomic E-state index is 12.9. The summed E-state index contributed by atoms with van der Waals surface area (Å²) in [6.45, 7) is 3.05. The molecule has 0 spiro atoms. The molecule has 3 aromatic heterocycles. The van der Waals surface area contributed by atoms with Crippen molar-refractivity contribution in [3.05, 3.63) is 57.1 Å². The van der Waals surface area contributed by atoms with Gasteiger partial charge in [-0.1, -0.05) is 6.07 Å². The number of rotatable bonds is 8. The van der Waals surface area contributed by atoms with Crippen LogP contribution in [0.2, 0.25) is 0 Å². The number of halogens is 4. The number of aromatic nitrogens is 3. The molecule has 0 radical (unpaired) electrons. The van der Waals surface area contributed by atoms with Gasteiger partial charge in [0.05, 0.1) is 19.6 Å². The van der Waals surface area contributed by atoms with E-state index in [-0.39, 0.29) is 5.69 Å². The minimum atomic E-state index is -4.49. The molecule has 2 amide bonds. The van der Waals surface area contributed by atoms with Gasteiger partial charge in [0, 0.05) is 49.5 Å². The van der Waals surface area contributed by atoms with Crippen molar-refractivity contribution in [3.8, 4) is 0 Å². The lowest BCUT2D eigenvalue weighted by atomic mass is 9.99. The Morgan fingerprint density at radius 1 is 1.13 bits per heavy atom. The lowest BCUT2D eigenvalue weighted by Gasteiger charge is -2.30. The summed E-state index contributed by atoms with van der Waals surface area (Å²) in [5.74, 6) is 1.39. The van der Waals surface area contributed by atoms with Crippen LogP contribution in [0.4, 0.5) is 34.6 Å². The third kappa shape index (κ3) is 7.24. The van der Waals surface area contributed by atoms with Gasteiger partial charge in [0.25, 0.3) is 0 Å². The van der Waals surface area contributed by atoms with Gasteiger partial charge in [-0.25, -0.2) is 19.7 Å². The van der Waals surface area contributed by atoms with E-state index in [9.17, 15) is 18.0 Å². The molecule has 1 aliphatic rings. The van der Waals surface area contributed by atoms with Crippen LogP contribution in [0.15, 0.2) is 46.6 Å². The molecular weight excluding hydrogens is 617 g/mol. The summed E-state index contributed by atoms with van der Waals surface area (Å²) in [6.07, 6.45) is 1.47. The number of urea groups is 1.